The first-order valence-electron chi connectivity index (χ1n) is 5.27. The Balaban J connectivity index is 2.56. The van der Waals surface area contributed by atoms with Crippen LogP contribution in [-0.4, -0.2) is 15.9 Å². The van der Waals surface area contributed by atoms with Crippen LogP contribution in [0.5, 0.6) is 0 Å². The Morgan fingerprint density at radius 3 is 2.81 bits per heavy atom. The molecule has 84 valence electrons. The van der Waals surface area contributed by atoms with Crippen molar-refractivity contribution in [1.29, 1.82) is 0 Å². The Bertz CT molecular complexity index is 530. The third-order valence-electron chi connectivity index (χ3n) is 2.98. The van der Waals surface area contributed by atoms with Gasteiger partial charge in [-0.05, 0) is 24.0 Å². The molecular weight excluding hydrogens is 218 g/mol. The van der Waals surface area contributed by atoms with E-state index in [0.29, 0.717) is 0 Å². The quantitative estimate of drug-likeness (QED) is 0.794. The number of aromatic nitrogens is 1. The second-order valence-electron chi connectivity index (χ2n) is 3.95. The normalized spacial score (nSPS) is 12.9. The Morgan fingerprint density at radius 2 is 2.12 bits per heavy atom. The highest BCUT2D eigenvalue weighted by Gasteiger charge is 2.17. The van der Waals surface area contributed by atoms with E-state index in [9.17, 15) is 4.79 Å². The molecule has 0 spiro atoms. The van der Waals surface area contributed by atoms with Gasteiger partial charge in [0, 0.05) is 24.1 Å². The van der Waals surface area contributed by atoms with Crippen LogP contribution in [0.15, 0.2) is 30.5 Å². The van der Waals surface area contributed by atoms with Crippen LogP contribution in [0.4, 0.5) is 0 Å². The van der Waals surface area contributed by atoms with Gasteiger partial charge >= 0.3 is 0 Å². The summed E-state index contributed by atoms with van der Waals surface area (Å²) in [6.45, 7) is 1.97. The molecule has 2 rings (SSSR count). The van der Waals surface area contributed by atoms with Crippen LogP contribution in [0.1, 0.15) is 18.4 Å². The molecule has 1 unspecified atom stereocenters. The minimum Gasteiger partial charge on any atom is -0.351 e. The highest BCUT2D eigenvalue weighted by molar-refractivity contribution is 8.13. The highest BCUT2D eigenvalue weighted by atomic mass is 32.2. The number of rotatable bonds is 2. The maximum Gasteiger partial charge on any atom is 0.195 e. The third kappa shape index (κ3) is 1.76. The van der Waals surface area contributed by atoms with Gasteiger partial charge in [-0.2, -0.15) is 0 Å². The molecule has 3 heteroatoms. The van der Waals surface area contributed by atoms with Gasteiger partial charge in [0.25, 0.3) is 0 Å². The van der Waals surface area contributed by atoms with Gasteiger partial charge in [0.1, 0.15) is 0 Å². The lowest BCUT2D eigenvalue weighted by atomic mass is 9.99. The summed E-state index contributed by atoms with van der Waals surface area (Å²) in [7, 11) is 2.02. The van der Waals surface area contributed by atoms with E-state index in [1.54, 1.807) is 0 Å². The SMILES string of the molecule is CSC(=O)C(C)c1cccc2c1ccn2C. The van der Waals surface area contributed by atoms with Crippen molar-refractivity contribution in [2.75, 3.05) is 6.26 Å². The second kappa shape index (κ2) is 4.34. The van der Waals surface area contributed by atoms with Crippen LogP contribution < -0.4 is 0 Å². The van der Waals surface area contributed by atoms with E-state index >= 15 is 0 Å². The maximum absolute atomic E-state index is 11.7. The number of nitrogens with zero attached hydrogens (tertiary/aromatic N) is 1. The number of thioether (sulfide) groups is 1. The van der Waals surface area contributed by atoms with E-state index in [2.05, 4.69) is 16.7 Å². The predicted octanol–water partition coefficient (Wildman–Crippen LogP) is 3.17. The topological polar surface area (TPSA) is 22.0 Å². The molecule has 1 atom stereocenters. The lowest BCUT2D eigenvalue weighted by Crippen LogP contribution is -2.04. The van der Waals surface area contributed by atoms with Crippen LogP contribution >= 0.6 is 11.8 Å². The number of hydrogen-bond acceptors (Lipinski definition) is 2. The van der Waals surface area contributed by atoms with Gasteiger partial charge in [-0.15, -0.1) is 0 Å². The summed E-state index contributed by atoms with van der Waals surface area (Å²) in [6, 6.07) is 8.22. The number of fused-ring (bicyclic) bond motifs is 1. The van der Waals surface area contributed by atoms with E-state index < -0.39 is 0 Å². The molecule has 0 aliphatic rings. The molecular formula is C13H15NOS. The van der Waals surface area contributed by atoms with Crippen molar-refractivity contribution in [3.8, 4) is 0 Å². The van der Waals surface area contributed by atoms with Gasteiger partial charge in [-0.1, -0.05) is 30.8 Å². The summed E-state index contributed by atoms with van der Waals surface area (Å²) in [4.78, 5) is 11.7. The van der Waals surface area contributed by atoms with Gasteiger partial charge in [0.05, 0.1) is 5.92 Å². The fraction of sp³-hybridized carbons (Fsp3) is 0.308. The molecule has 2 aromatic rings. The molecule has 0 aliphatic heterocycles. The van der Waals surface area contributed by atoms with E-state index in [-0.39, 0.29) is 11.0 Å². The lowest BCUT2D eigenvalue weighted by molar-refractivity contribution is -0.111. The summed E-state index contributed by atoms with van der Waals surface area (Å²) >= 11 is 1.30. The largest absolute Gasteiger partial charge is 0.351 e. The summed E-state index contributed by atoms with van der Waals surface area (Å²) < 4.78 is 2.08. The molecule has 16 heavy (non-hydrogen) atoms. The monoisotopic (exact) mass is 233 g/mol. The molecule has 0 bridgehead atoms. The Labute approximate surface area is 99.6 Å². The molecule has 0 saturated carbocycles. The first-order valence-corrected chi connectivity index (χ1v) is 6.49. The molecule has 1 aromatic carbocycles. The zero-order chi connectivity index (χ0) is 11.7. The van der Waals surface area contributed by atoms with Crippen molar-refractivity contribution in [3.05, 3.63) is 36.0 Å². The molecule has 0 fully saturated rings. The molecule has 1 aromatic heterocycles. The smallest absolute Gasteiger partial charge is 0.195 e. The number of benzene rings is 1. The standard InChI is InChI=1S/C13H15NOS/c1-9(13(15)16-3)10-5-4-6-12-11(10)7-8-14(12)2/h4-9H,1-3H3. The zero-order valence-electron chi connectivity index (χ0n) is 9.73. The minimum absolute atomic E-state index is 0.0406. The Kier molecular flexibility index (Phi) is 3.06. The lowest BCUT2D eigenvalue weighted by Gasteiger charge is -2.10. The van der Waals surface area contributed by atoms with Crippen molar-refractivity contribution in [2.24, 2.45) is 7.05 Å². The molecule has 1 heterocycles. The fourth-order valence-corrected chi connectivity index (χ4v) is 2.49. The van der Waals surface area contributed by atoms with Crippen LogP contribution in [0, 0.1) is 0 Å². The van der Waals surface area contributed by atoms with Crippen molar-refractivity contribution in [1.82, 2.24) is 4.57 Å². The molecule has 0 aliphatic carbocycles. The summed E-state index contributed by atoms with van der Waals surface area (Å²) in [5, 5.41) is 1.40. The number of carbonyl (C=O) groups is 1. The molecule has 0 N–H and O–H groups in total. The van der Waals surface area contributed by atoms with Gasteiger partial charge in [-0.3, -0.25) is 4.79 Å². The van der Waals surface area contributed by atoms with E-state index in [1.807, 2.05) is 38.6 Å². The first kappa shape index (κ1) is 11.3. The van der Waals surface area contributed by atoms with E-state index in [1.165, 1.54) is 22.7 Å². The average molecular weight is 233 g/mol. The first-order chi connectivity index (χ1) is 7.65. The van der Waals surface area contributed by atoms with Crippen molar-refractivity contribution in [3.63, 3.8) is 0 Å². The highest BCUT2D eigenvalue weighted by Crippen LogP contribution is 2.28. The zero-order valence-corrected chi connectivity index (χ0v) is 10.5. The van der Waals surface area contributed by atoms with Crippen LogP contribution in [0.3, 0.4) is 0 Å². The molecule has 2 nitrogen and oxygen atoms in total. The summed E-state index contributed by atoms with van der Waals surface area (Å²) in [6.07, 6.45) is 3.87. The Hall–Kier alpha value is -1.22. The minimum atomic E-state index is -0.0406. The fourth-order valence-electron chi connectivity index (χ4n) is 2.01. The Morgan fingerprint density at radius 1 is 1.38 bits per heavy atom. The van der Waals surface area contributed by atoms with Crippen molar-refractivity contribution in [2.45, 2.75) is 12.8 Å². The van der Waals surface area contributed by atoms with Gasteiger partial charge in [0.2, 0.25) is 0 Å². The molecule has 0 radical (unpaired) electrons. The second-order valence-corrected chi connectivity index (χ2v) is 4.76. The number of hydrogen-bond donors (Lipinski definition) is 0. The van der Waals surface area contributed by atoms with Crippen LogP contribution in [0.2, 0.25) is 0 Å². The van der Waals surface area contributed by atoms with Crippen molar-refractivity contribution < 1.29 is 4.79 Å². The van der Waals surface area contributed by atoms with Crippen molar-refractivity contribution >= 4 is 27.8 Å². The average Bonchev–Trinajstić information content (AvgIpc) is 2.69. The van der Waals surface area contributed by atoms with Crippen LogP contribution in [0.25, 0.3) is 10.9 Å². The van der Waals surface area contributed by atoms with Crippen LogP contribution in [-0.2, 0) is 11.8 Å². The molecule has 0 saturated heterocycles. The molecule has 0 amide bonds. The number of aryl methyl sites for hydroxylation is 1. The summed E-state index contributed by atoms with van der Waals surface area (Å²) in [5.74, 6) is -0.0406. The van der Waals surface area contributed by atoms with Gasteiger partial charge < -0.3 is 4.57 Å². The van der Waals surface area contributed by atoms with E-state index in [4.69, 9.17) is 0 Å². The number of carbonyl (C=O) groups excluding carboxylic acids is 1. The third-order valence-corrected chi connectivity index (χ3v) is 3.74. The summed E-state index contributed by atoms with van der Waals surface area (Å²) in [5.41, 5.74) is 2.30. The van der Waals surface area contributed by atoms with E-state index in [0.717, 1.165) is 5.56 Å². The predicted molar refractivity (Wildman–Crippen MR) is 69.9 cm³/mol. The van der Waals surface area contributed by atoms with Gasteiger partial charge in [0.15, 0.2) is 5.12 Å². The van der Waals surface area contributed by atoms with Gasteiger partial charge in [-0.25, -0.2) is 0 Å². The maximum atomic E-state index is 11.7.